The number of carbonyl (C=O) groups is 1. The van der Waals surface area contributed by atoms with E-state index in [0.29, 0.717) is 21.8 Å². The zero-order valence-corrected chi connectivity index (χ0v) is 13.7. The molecule has 1 aromatic heterocycles. The van der Waals surface area contributed by atoms with E-state index < -0.39 is 5.97 Å². The quantitative estimate of drug-likeness (QED) is 0.814. The number of thiazole rings is 1. The molecule has 1 aliphatic heterocycles. The van der Waals surface area contributed by atoms with E-state index in [0.717, 1.165) is 16.1 Å². The zero-order valence-electron chi connectivity index (χ0n) is 12.1. The summed E-state index contributed by atoms with van der Waals surface area (Å²) in [5, 5.41) is 21.0. The monoisotopic (exact) mass is 346 g/mol. The lowest BCUT2D eigenvalue weighted by molar-refractivity contribution is -0.137. The van der Waals surface area contributed by atoms with Crippen molar-refractivity contribution in [2.45, 2.75) is 19.4 Å². The standard InChI is InChI=1S/C16H14N2O3S2/c19-14(20)2-1-7-18-15(21)13(23-16(18)22)9-10-3-4-11-5-6-17-12(11)8-10/h3-6,8-9,21H,1-2,7H2,(H,19,20)/b10-9+. The molecule has 0 amide bonds. The van der Waals surface area contributed by atoms with Crippen molar-refractivity contribution in [3.05, 3.63) is 37.5 Å². The molecule has 0 aliphatic carbocycles. The first-order valence-electron chi connectivity index (χ1n) is 7.05. The minimum Gasteiger partial charge on any atom is -0.493 e. The Morgan fingerprint density at radius 3 is 3.04 bits per heavy atom. The van der Waals surface area contributed by atoms with Crippen molar-refractivity contribution in [1.29, 1.82) is 0 Å². The SMILES string of the molecule is O=C(O)CCCn1c(O)c(/C=c2\ccc3c(c2)N=CC=3)sc1=S. The van der Waals surface area contributed by atoms with Crippen LogP contribution in [0.25, 0.3) is 12.2 Å². The van der Waals surface area contributed by atoms with Gasteiger partial charge in [0.05, 0.1) is 10.6 Å². The third kappa shape index (κ3) is 3.40. The molecular weight excluding hydrogens is 332 g/mol. The number of hydrogen-bond donors (Lipinski definition) is 2. The Hall–Kier alpha value is -2.25. The molecule has 0 bridgehead atoms. The number of aliphatic imine (C=N–C) groups is 1. The molecule has 2 heterocycles. The highest BCUT2D eigenvalue weighted by molar-refractivity contribution is 7.73. The summed E-state index contributed by atoms with van der Waals surface area (Å²) in [6.07, 6.45) is 6.04. The molecule has 7 heteroatoms. The van der Waals surface area contributed by atoms with Crippen LogP contribution in [-0.4, -0.2) is 27.0 Å². The lowest BCUT2D eigenvalue weighted by atomic mass is 10.2. The second-order valence-corrected chi connectivity index (χ2v) is 6.79. The number of benzene rings is 1. The maximum absolute atomic E-state index is 10.6. The van der Waals surface area contributed by atoms with Gasteiger partial charge in [0.1, 0.15) is 0 Å². The number of rotatable bonds is 5. The fraction of sp³-hybridized carbons (Fsp3) is 0.188. The van der Waals surface area contributed by atoms with Gasteiger partial charge in [0, 0.05) is 24.4 Å². The highest BCUT2D eigenvalue weighted by Gasteiger charge is 2.10. The maximum atomic E-state index is 10.6. The summed E-state index contributed by atoms with van der Waals surface area (Å²) in [6, 6.07) is 5.89. The Bertz CT molecular complexity index is 970. The smallest absolute Gasteiger partial charge is 0.303 e. The molecule has 0 radical (unpaired) electrons. The van der Waals surface area contributed by atoms with Gasteiger partial charge in [-0.3, -0.25) is 14.4 Å². The van der Waals surface area contributed by atoms with Crippen LogP contribution in [0.2, 0.25) is 0 Å². The molecule has 0 saturated heterocycles. The van der Waals surface area contributed by atoms with Gasteiger partial charge in [0.2, 0.25) is 5.88 Å². The van der Waals surface area contributed by atoms with E-state index in [1.54, 1.807) is 10.8 Å². The molecule has 0 fully saturated rings. The fourth-order valence-corrected chi connectivity index (χ4v) is 3.67. The summed E-state index contributed by atoms with van der Waals surface area (Å²) < 4.78 is 2.11. The third-order valence-corrected chi connectivity index (χ3v) is 4.87. The predicted octanol–water partition coefficient (Wildman–Crippen LogP) is 2.17. The Kier molecular flexibility index (Phi) is 4.40. The van der Waals surface area contributed by atoms with Crippen molar-refractivity contribution in [3.8, 4) is 5.88 Å². The zero-order chi connectivity index (χ0) is 16.4. The van der Waals surface area contributed by atoms with Crippen LogP contribution in [0.1, 0.15) is 17.7 Å². The Morgan fingerprint density at radius 1 is 1.43 bits per heavy atom. The average molecular weight is 346 g/mol. The van der Waals surface area contributed by atoms with E-state index in [4.69, 9.17) is 17.3 Å². The highest BCUT2D eigenvalue weighted by Crippen LogP contribution is 2.27. The summed E-state index contributed by atoms with van der Waals surface area (Å²) in [4.78, 5) is 15.5. The molecule has 118 valence electrons. The van der Waals surface area contributed by atoms with Gasteiger partial charge in [-0.15, -0.1) is 11.3 Å². The Balaban J connectivity index is 1.91. The van der Waals surface area contributed by atoms with Crippen molar-refractivity contribution >= 4 is 53.6 Å². The van der Waals surface area contributed by atoms with E-state index in [2.05, 4.69) is 4.99 Å². The molecule has 0 spiro atoms. The topological polar surface area (TPSA) is 74.8 Å². The molecule has 1 aromatic carbocycles. The average Bonchev–Trinajstić information content (AvgIpc) is 3.06. The first-order chi connectivity index (χ1) is 11.0. The van der Waals surface area contributed by atoms with Crippen LogP contribution in [0, 0.1) is 3.95 Å². The van der Waals surface area contributed by atoms with Crippen LogP contribution in [0.15, 0.2) is 23.2 Å². The first-order valence-corrected chi connectivity index (χ1v) is 8.27. The van der Waals surface area contributed by atoms with E-state index in [1.165, 1.54) is 11.3 Å². The molecule has 2 aromatic rings. The summed E-state index contributed by atoms with van der Waals surface area (Å²) in [6.45, 7) is 0.394. The summed E-state index contributed by atoms with van der Waals surface area (Å²) in [5.74, 6) is -0.769. The number of aromatic hydroxyl groups is 1. The molecule has 23 heavy (non-hydrogen) atoms. The van der Waals surface area contributed by atoms with Gasteiger partial charge in [0.25, 0.3) is 0 Å². The lowest BCUT2D eigenvalue weighted by Gasteiger charge is -2.02. The van der Waals surface area contributed by atoms with Gasteiger partial charge in [-0.05, 0) is 42.1 Å². The van der Waals surface area contributed by atoms with Crippen molar-refractivity contribution in [2.24, 2.45) is 4.99 Å². The second kappa shape index (κ2) is 6.47. The van der Waals surface area contributed by atoms with E-state index in [-0.39, 0.29) is 12.3 Å². The molecule has 0 unspecified atom stereocenters. The number of fused-ring (bicyclic) bond motifs is 1. The third-order valence-electron chi connectivity index (χ3n) is 3.49. The minimum atomic E-state index is -0.853. The molecule has 2 N–H and O–H groups in total. The molecular formula is C16H14N2O3S2. The highest BCUT2D eigenvalue weighted by atomic mass is 32.1. The van der Waals surface area contributed by atoms with Crippen LogP contribution in [-0.2, 0) is 11.3 Å². The van der Waals surface area contributed by atoms with E-state index in [9.17, 15) is 9.90 Å². The van der Waals surface area contributed by atoms with Gasteiger partial charge < -0.3 is 10.2 Å². The Morgan fingerprint density at radius 2 is 2.26 bits per heavy atom. The normalized spacial score (nSPS) is 13.1. The van der Waals surface area contributed by atoms with Crippen LogP contribution in [0.4, 0.5) is 5.69 Å². The lowest BCUT2D eigenvalue weighted by Crippen LogP contribution is -2.06. The molecule has 0 atom stereocenters. The van der Waals surface area contributed by atoms with Crippen LogP contribution < -0.4 is 10.4 Å². The van der Waals surface area contributed by atoms with Gasteiger partial charge in [-0.2, -0.15) is 0 Å². The Labute approximate surface area is 141 Å². The first kappa shape index (κ1) is 15.6. The van der Waals surface area contributed by atoms with Crippen LogP contribution in [0.3, 0.4) is 0 Å². The second-order valence-electron chi connectivity index (χ2n) is 5.11. The number of carboxylic acid groups (broad SMARTS) is 1. The fourth-order valence-electron chi connectivity index (χ4n) is 2.35. The van der Waals surface area contributed by atoms with E-state index in [1.807, 2.05) is 30.4 Å². The number of aliphatic carboxylic acids is 1. The van der Waals surface area contributed by atoms with Crippen molar-refractivity contribution < 1.29 is 15.0 Å². The summed E-state index contributed by atoms with van der Waals surface area (Å²) in [5.41, 5.74) is 0.905. The van der Waals surface area contributed by atoms with Crippen molar-refractivity contribution in [1.82, 2.24) is 4.57 Å². The van der Waals surface area contributed by atoms with Crippen molar-refractivity contribution in [2.75, 3.05) is 0 Å². The predicted molar refractivity (Wildman–Crippen MR) is 93.6 cm³/mol. The van der Waals surface area contributed by atoms with Gasteiger partial charge in [-0.25, -0.2) is 0 Å². The number of hydrogen-bond acceptors (Lipinski definition) is 5. The number of nitrogens with zero attached hydrogens (tertiary/aromatic N) is 2. The number of aromatic nitrogens is 1. The van der Waals surface area contributed by atoms with Gasteiger partial charge in [0.15, 0.2) is 3.95 Å². The van der Waals surface area contributed by atoms with Gasteiger partial charge >= 0.3 is 5.97 Å². The largest absolute Gasteiger partial charge is 0.493 e. The molecule has 3 rings (SSSR count). The van der Waals surface area contributed by atoms with Crippen LogP contribution in [0.5, 0.6) is 5.88 Å². The van der Waals surface area contributed by atoms with E-state index >= 15 is 0 Å². The minimum absolute atomic E-state index is 0.0510. The summed E-state index contributed by atoms with van der Waals surface area (Å²) in [7, 11) is 0. The molecule has 5 nitrogen and oxygen atoms in total. The molecule has 0 saturated carbocycles. The maximum Gasteiger partial charge on any atom is 0.303 e. The summed E-state index contributed by atoms with van der Waals surface area (Å²) >= 11 is 6.57. The van der Waals surface area contributed by atoms with Crippen molar-refractivity contribution in [3.63, 3.8) is 0 Å². The van der Waals surface area contributed by atoms with Crippen LogP contribution >= 0.6 is 23.6 Å². The van der Waals surface area contributed by atoms with Gasteiger partial charge in [-0.1, -0.05) is 12.1 Å². The number of carboxylic acids is 1. The molecule has 1 aliphatic rings.